The number of rotatable bonds is 38. The maximum absolute atomic E-state index is 14.9. The van der Waals surface area contributed by atoms with Crippen molar-refractivity contribution in [2.24, 2.45) is 0 Å². The smallest absolute Gasteiger partial charge is 0.301 e. The Hall–Kier alpha value is -14.3. The van der Waals surface area contributed by atoms with Crippen molar-refractivity contribution in [3.63, 3.8) is 0 Å². The van der Waals surface area contributed by atoms with Gasteiger partial charge < -0.3 is 71.7 Å². The van der Waals surface area contributed by atoms with Gasteiger partial charge in [0.05, 0.1) is 132 Å². The molecule has 784 valence electrons. The highest BCUT2D eigenvalue weighted by Crippen LogP contribution is 2.44. The third-order valence-corrected chi connectivity index (χ3v) is 40.2. The highest BCUT2D eigenvalue weighted by atomic mass is 32.1. The van der Waals surface area contributed by atoms with Crippen LogP contribution in [0.5, 0.6) is 35.3 Å². The number of carbonyl (C=O) groups excluding carboxylic acids is 3. The number of thiophene rings is 3. The number of fused-ring (bicyclic) bond motifs is 3. The number of aliphatic hydroxyl groups excluding tert-OH is 1. The molecule has 7 aromatic carbocycles. The van der Waals surface area contributed by atoms with Gasteiger partial charge in [0.15, 0.2) is 0 Å². The Morgan fingerprint density at radius 1 is 0.407 bits per heavy atom. The molecule has 16 aromatic rings. The number of nitrogens with zero attached hydrogens (tertiary/aromatic N) is 17. The van der Waals surface area contributed by atoms with Crippen molar-refractivity contribution in [1.29, 1.82) is 0 Å². The second kappa shape index (κ2) is 46.4. The van der Waals surface area contributed by atoms with Gasteiger partial charge in [-0.05, 0) is 106 Å². The van der Waals surface area contributed by atoms with Gasteiger partial charge >= 0.3 is 18.0 Å². The number of carbonyl (C=O) groups is 3. The van der Waals surface area contributed by atoms with Crippen molar-refractivity contribution in [3.8, 4) is 50.3 Å². The normalized spacial score (nSPS) is 15.6. The molecule has 150 heavy (non-hydrogen) atoms. The standard InChI is InChI=1S/C41H45FN6O6SSi.C40H43FN6O6SSi.C25H27FN6O6S/c1-27-36-37(55-39(27)48-43-19-20-44-48)45-40(47(38(36)50)29-24-35(49)46(5)25-29)53-26-34(32-23-28(42)17-18-33(32)51-6)52-21-22-54-56(41(2,3)4,30-13-9-7-10-14-30)31-15-11-8-12-16-31;1-26-35-36(54-38(26)47-43-18-19-44-47)45-39(46(37(35)49)28-23-34(48)42-24-28)52-25-33(31-22-27(41)16-17-32(31)50-5)51-20-21-53-55(40(2,3)4,29-12-8-6-9-13-29)30-14-10-7-11-15-30;1-14-21-22(39-24(14)32-27-6-7-28-32)29-25(31(23(21)35)16-11-20(34)30(2)12-16)38-13-19(37-9-8-33)17-10-15(26)4-5-18(17)36-3/h7-20,23,29,34H,21-22,24-26H2,1-6H3;6-19,22,28,33H,20-21,23-25H2,1-5H3,(H,42,48);4-7,10,16,19,33H,8-9,11-13H2,1-3H3/t29-,34-;28-,33-;16-,19-/m000/s1. The van der Waals surface area contributed by atoms with Crippen molar-refractivity contribution in [1.82, 2.24) is 88.8 Å². The number of aromatic nitrogens is 15. The number of benzene rings is 7. The lowest BCUT2D eigenvalue weighted by atomic mass is 10.1. The molecule has 36 nitrogen and oxygen atoms in total. The summed E-state index contributed by atoms with van der Waals surface area (Å²) in [6, 6.07) is 52.1. The third kappa shape index (κ3) is 22.2. The molecule has 0 unspecified atom stereocenters. The highest BCUT2D eigenvalue weighted by molar-refractivity contribution is 7.22. The minimum atomic E-state index is -2.87. The number of aryl methyl sites for hydroxylation is 3. The molecule has 0 bridgehead atoms. The number of likely N-dealkylation sites (N-methyl/N-ethyl adjacent to an activating group) is 2. The number of amides is 3. The molecule has 44 heteroatoms. The van der Waals surface area contributed by atoms with Crippen LogP contribution < -0.4 is 71.2 Å². The molecule has 19 rings (SSSR count). The van der Waals surface area contributed by atoms with Crippen LogP contribution in [0.4, 0.5) is 13.2 Å². The van der Waals surface area contributed by atoms with E-state index >= 15 is 0 Å². The van der Waals surface area contributed by atoms with E-state index in [2.05, 4.69) is 131 Å². The molecular weight excluding hydrogens is 2020 g/mol. The lowest BCUT2D eigenvalue weighted by Gasteiger charge is -2.43. The second-order valence-corrected chi connectivity index (χ2v) is 49.7. The fourth-order valence-corrected chi connectivity index (χ4v) is 31.9. The van der Waals surface area contributed by atoms with E-state index in [0.717, 1.165) is 20.7 Å². The minimum Gasteiger partial charge on any atom is -0.496 e. The lowest BCUT2D eigenvalue weighted by molar-refractivity contribution is -0.127. The molecule has 0 radical (unpaired) electrons. The molecule has 9 aromatic heterocycles. The van der Waals surface area contributed by atoms with Gasteiger partial charge in [-0.25, -0.2) is 13.2 Å². The first kappa shape index (κ1) is 107. The molecule has 3 aliphatic heterocycles. The van der Waals surface area contributed by atoms with E-state index in [1.54, 1.807) is 61.7 Å². The van der Waals surface area contributed by atoms with Gasteiger partial charge in [0.1, 0.15) is 102 Å². The van der Waals surface area contributed by atoms with E-state index in [0.29, 0.717) is 109 Å². The van der Waals surface area contributed by atoms with Crippen LogP contribution in [-0.2, 0) is 37.4 Å². The minimum absolute atomic E-state index is 0.00482. The van der Waals surface area contributed by atoms with E-state index in [1.807, 2.05) is 86.6 Å². The molecule has 0 aliphatic carbocycles. The summed E-state index contributed by atoms with van der Waals surface area (Å²) in [7, 11) is 2.09. The fourth-order valence-electron chi connectivity index (χ4n) is 19.6. The Bertz CT molecular complexity index is 7580. The first-order chi connectivity index (χ1) is 72.3. The molecule has 3 amide bonds. The van der Waals surface area contributed by atoms with Crippen molar-refractivity contribution in [2.75, 3.05) is 115 Å². The first-order valence-electron chi connectivity index (χ1n) is 48.6. The Morgan fingerprint density at radius 2 is 0.700 bits per heavy atom. The van der Waals surface area contributed by atoms with Gasteiger partial charge in [0.25, 0.3) is 33.3 Å². The van der Waals surface area contributed by atoms with Crippen LogP contribution in [0.3, 0.4) is 0 Å². The van der Waals surface area contributed by atoms with E-state index in [4.69, 9.17) is 61.5 Å². The average Bonchev–Trinajstić information content (AvgIpc) is 1.33. The van der Waals surface area contributed by atoms with Crippen molar-refractivity contribution in [3.05, 3.63) is 295 Å². The summed E-state index contributed by atoms with van der Waals surface area (Å²) in [5.41, 5.74) is 2.15. The van der Waals surface area contributed by atoms with Gasteiger partial charge in [-0.1, -0.05) is 197 Å². The van der Waals surface area contributed by atoms with Gasteiger partial charge in [-0.2, -0.15) is 45.5 Å². The second-order valence-electron chi connectivity index (χ2n) is 38.1. The molecule has 2 N–H and O–H groups in total. The number of likely N-dealkylation sites (tertiary alicyclic amines) is 2. The topological polar surface area (TPSA) is 388 Å². The molecule has 0 spiro atoms. The molecule has 3 aliphatic rings. The number of aliphatic hydroxyl groups is 1. The Balaban J connectivity index is 0.000000156. The Kier molecular flexibility index (Phi) is 33.1. The number of methoxy groups -OCH3 is 3. The molecule has 6 atom stereocenters. The van der Waals surface area contributed by atoms with Gasteiger partial charge in [0, 0.05) is 86.4 Å². The average molecular weight is 2140 g/mol. The van der Waals surface area contributed by atoms with Gasteiger partial charge in [-0.3, -0.25) is 42.5 Å². The summed E-state index contributed by atoms with van der Waals surface area (Å²) < 4.78 is 117. The summed E-state index contributed by atoms with van der Waals surface area (Å²) in [4.78, 5) is 103. The monoisotopic (exact) mass is 2140 g/mol. The zero-order valence-electron chi connectivity index (χ0n) is 85.1. The summed E-state index contributed by atoms with van der Waals surface area (Å²) >= 11 is 3.75. The molecular formula is C106H115F3N18O18S3Si2. The highest BCUT2D eigenvalue weighted by Gasteiger charge is 2.52. The van der Waals surface area contributed by atoms with Crippen molar-refractivity contribution >= 4 is 120 Å². The molecule has 3 fully saturated rings. The Morgan fingerprint density at radius 3 is 0.960 bits per heavy atom. The van der Waals surface area contributed by atoms with Gasteiger partial charge in [-0.15, -0.1) is 14.4 Å². The van der Waals surface area contributed by atoms with E-state index in [9.17, 15) is 47.0 Å². The van der Waals surface area contributed by atoms with E-state index < -0.39 is 70.5 Å². The van der Waals surface area contributed by atoms with Crippen LogP contribution in [0.1, 0.15) is 131 Å². The van der Waals surface area contributed by atoms with Crippen LogP contribution in [0, 0.1) is 38.2 Å². The number of halogens is 3. The number of hydrogen-bond donors (Lipinski definition) is 2. The zero-order valence-corrected chi connectivity index (χ0v) is 89.6. The van der Waals surface area contributed by atoms with E-state index in [-0.39, 0.29) is 148 Å². The predicted molar refractivity (Wildman–Crippen MR) is 565 cm³/mol. The van der Waals surface area contributed by atoms with Crippen LogP contribution in [0.25, 0.3) is 45.7 Å². The molecule has 12 heterocycles. The maximum atomic E-state index is 14.9. The van der Waals surface area contributed by atoms with Crippen molar-refractivity contribution in [2.45, 2.75) is 128 Å². The van der Waals surface area contributed by atoms with Crippen LogP contribution in [0.2, 0.25) is 10.1 Å². The Labute approximate surface area is 875 Å². The SMILES string of the molecule is COc1ccc(F)cc1[C@H](COc1nc2sc(-n3nccn3)c(C)c2c(=O)n1[C@@H]1CNC(=O)C1)OCCO[Si](c1ccccc1)(c1ccccc1)C(C)(C)C.COc1ccc(F)cc1[C@H](COc1nc2sc(-n3nccn3)c(C)c2c(=O)n1[C@H]1CC(=O)N(C)C1)OCCO.COc1ccc(F)cc1[C@H](COc1nc2sc(-n3nccn3)c(C)c2c(=O)n1[C@H]1CC(=O)N(C)C1)OCCO[Si](c1ccccc1)(c1ccccc1)C(C)(C)C. The maximum Gasteiger partial charge on any atom is 0.301 e. The largest absolute Gasteiger partial charge is 0.496 e. The van der Waals surface area contributed by atoms with Gasteiger partial charge in [0.2, 0.25) is 17.7 Å². The van der Waals surface area contributed by atoms with Crippen LogP contribution in [0.15, 0.2) is 227 Å². The third-order valence-electron chi connectivity index (χ3n) is 26.7. The summed E-state index contributed by atoms with van der Waals surface area (Å²) in [6.07, 6.45) is 7.01. The quantitative estimate of drug-likeness (QED) is 0.0268. The predicted octanol–water partition coefficient (Wildman–Crippen LogP) is 12.9. The fraction of sp³-hybridized carbons (Fsp3) is 0.349. The number of nitrogens with one attached hydrogen (secondary N) is 1. The first-order valence-corrected chi connectivity index (χ1v) is 54.9. The summed E-state index contributed by atoms with van der Waals surface area (Å²) in [6.45, 7) is 19.4. The van der Waals surface area contributed by atoms with Crippen molar-refractivity contribution < 1.29 is 84.1 Å². The molecule has 0 saturated carbocycles. The summed E-state index contributed by atoms with van der Waals surface area (Å²) in [5.74, 6) is -0.652. The van der Waals surface area contributed by atoms with Crippen LogP contribution >= 0.6 is 34.0 Å². The number of hydrogen-bond acceptors (Lipinski definition) is 30. The van der Waals surface area contributed by atoms with Crippen LogP contribution in [-0.4, -0.2) is 237 Å². The zero-order chi connectivity index (χ0) is 106. The lowest BCUT2D eigenvalue weighted by Crippen LogP contribution is -2.66. The number of ether oxygens (including phenoxy) is 9. The van der Waals surface area contributed by atoms with E-state index in [1.165, 1.54) is 144 Å². The summed E-state index contributed by atoms with van der Waals surface area (Å²) in [5, 5.41) is 44.7. The molecule has 3 saturated heterocycles.